The van der Waals surface area contributed by atoms with Crippen LogP contribution in [0, 0.1) is 6.92 Å². The average Bonchev–Trinajstić information content (AvgIpc) is 3.30. The summed E-state index contributed by atoms with van der Waals surface area (Å²) in [6, 6.07) is 18.1. The van der Waals surface area contributed by atoms with Crippen molar-refractivity contribution in [1.82, 2.24) is 9.55 Å². The van der Waals surface area contributed by atoms with Crippen molar-refractivity contribution in [2.75, 3.05) is 17.9 Å². The average molecular weight is 494 g/mol. The van der Waals surface area contributed by atoms with E-state index >= 15 is 0 Å². The van der Waals surface area contributed by atoms with Crippen LogP contribution in [0.1, 0.15) is 11.1 Å². The first kappa shape index (κ1) is 22.3. The summed E-state index contributed by atoms with van der Waals surface area (Å²) in [5.74, 6) is 1.18. The summed E-state index contributed by atoms with van der Waals surface area (Å²) in [4.78, 5) is 30.6. The second-order valence-electron chi connectivity index (χ2n) is 7.79. The van der Waals surface area contributed by atoms with Crippen molar-refractivity contribution in [3.8, 4) is 11.5 Å². The van der Waals surface area contributed by atoms with Gasteiger partial charge in [0.15, 0.2) is 16.7 Å². The Morgan fingerprint density at radius 1 is 1.12 bits per heavy atom. The number of thioether (sulfide) groups is 1. The van der Waals surface area contributed by atoms with Crippen LogP contribution in [0.4, 0.5) is 5.69 Å². The van der Waals surface area contributed by atoms with E-state index in [1.165, 1.54) is 11.8 Å². The number of amides is 1. The fourth-order valence-electron chi connectivity index (χ4n) is 3.62. The molecular formula is C25H20ClN3O4S. The molecule has 1 amide bonds. The molecule has 0 aliphatic carbocycles. The SMILES string of the molecule is Cc1ccc(NC(=O)CSc2nc3ccccc3c(=O)n2Cc2ccc3c(c2)OCO3)cc1Cl. The zero-order valence-electron chi connectivity index (χ0n) is 18.2. The fraction of sp³-hybridized carbons (Fsp3) is 0.160. The summed E-state index contributed by atoms with van der Waals surface area (Å²) < 4.78 is 12.4. The van der Waals surface area contributed by atoms with E-state index in [1.54, 1.807) is 28.8 Å². The van der Waals surface area contributed by atoms with Crippen LogP contribution >= 0.6 is 23.4 Å². The molecule has 2 heterocycles. The smallest absolute Gasteiger partial charge is 0.262 e. The predicted octanol–water partition coefficient (Wildman–Crippen LogP) is 4.87. The number of hydrogen-bond acceptors (Lipinski definition) is 6. The zero-order chi connectivity index (χ0) is 23.7. The van der Waals surface area contributed by atoms with Gasteiger partial charge in [-0.05, 0) is 54.4 Å². The van der Waals surface area contributed by atoms with Gasteiger partial charge in [-0.25, -0.2) is 4.98 Å². The first-order valence-electron chi connectivity index (χ1n) is 10.5. The number of aromatic nitrogens is 2. The molecular weight excluding hydrogens is 474 g/mol. The molecule has 7 nitrogen and oxygen atoms in total. The minimum absolute atomic E-state index is 0.0808. The molecule has 9 heteroatoms. The molecule has 172 valence electrons. The normalized spacial score (nSPS) is 12.2. The Balaban J connectivity index is 1.41. The number of ether oxygens (including phenoxy) is 2. The van der Waals surface area contributed by atoms with Crippen LogP contribution < -0.4 is 20.3 Å². The molecule has 0 saturated heterocycles. The molecule has 0 bridgehead atoms. The van der Waals surface area contributed by atoms with Crippen molar-refractivity contribution in [2.24, 2.45) is 0 Å². The number of nitrogens with zero attached hydrogens (tertiary/aromatic N) is 2. The Kier molecular flexibility index (Phi) is 6.17. The van der Waals surface area contributed by atoms with Gasteiger partial charge >= 0.3 is 0 Å². The summed E-state index contributed by atoms with van der Waals surface area (Å²) in [7, 11) is 0. The number of anilines is 1. The molecule has 0 spiro atoms. The summed E-state index contributed by atoms with van der Waals surface area (Å²) in [6.07, 6.45) is 0. The van der Waals surface area contributed by atoms with Gasteiger partial charge in [0, 0.05) is 10.7 Å². The van der Waals surface area contributed by atoms with E-state index in [9.17, 15) is 9.59 Å². The lowest BCUT2D eigenvalue weighted by molar-refractivity contribution is -0.113. The molecule has 0 radical (unpaired) electrons. The highest BCUT2D eigenvalue weighted by Crippen LogP contribution is 2.33. The van der Waals surface area contributed by atoms with Gasteiger partial charge in [-0.15, -0.1) is 0 Å². The van der Waals surface area contributed by atoms with Crippen LogP contribution in [-0.2, 0) is 11.3 Å². The second kappa shape index (κ2) is 9.40. The maximum Gasteiger partial charge on any atom is 0.262 e. The lowest BCUT2D eigenvalue weighted by Crippen LogP contribution is -2.25. The van der Waals surface area contributed by atoms with Crippen LogP contribution in [0.25, 0.3) is 10.9 Å². The topological polar surface area (TPSA) is 82.5 Å². The highest BCUT2D eigenvalue weighted by molar-refractivity contribution is 7.99. The quantitative estimate of drug-likeness (QED) is 0.305. The van der Waals surface area contributed by atoms with Gasteiger partial charge in [-0.2, -0.15) is 0 Å². The molecule has 4 aromatic rings. The molecule has 0 fully saturated rings. The Morgan fingerprint density at radius 3 is 2.79 bits per heavy atom. The molecule has 1 aromatic heterocycles. The lowest BCUT2D eigenvalue weighted by Gasteiger charge is -2.14. The molecule has 3 aromatic carbocycles. The first-order valence-corrected chi connectivity index (χ1v) is 11.9. The summed E-state index contributed by atoms with van der Waals surface area (Å²) in [5.41, 5.74) is 2.83. The van der Waals surface area contributed by atoms with Crippen molar-refractivity contribution in [3.05, 3.63) is 87.2 Å². The van der Waals surface area contributed by atoms with Crippen LogP contribution in [-0.4, -0.2) is 28.0 Å². The van der Waals surface area contributed by atoms with Crippen molar-refractivity contribution in [1.29, 1.82) is 0 Å². The molecule has 0 atom stereocenters. The zero-order valence-corrected chi connectivity index (χ0v) is 19.8. The third-order valence-corrected chi connectivity index (χ3v) is 6.78. The third-order valence-electron chi connectivity index (χ3n) is 5.39. The molecule has 1 N–H and O–H groups in total. The van der Waals surface area contributed by atoms with E-state index in [-0.39, 0.29) is 30.6 Å². The van der Waals surface area contributed by atoms with Crippen molar-refractivity contribution < 1.29 is 14.3 Å². The minimum Gasteiger partial charge on any atom is -0.454 e. The number of hydrogen-bond donors (Lipinski definition) is 1. The van der Waals surface area contributed by atoms with Crippen molar-refractivity contribution in [3.63, 3.8) is 0 Å². The fourth-order valence-corrected chi connectivity index (χ4v) is 4.60. The van der Waals surface area contributed by atoms with Gasteiger partial charge < -0.3 is 14.8 Å². The second-order valence-corrected chi connectivity index (χ2v) is 9.14. The Hall–Kier alpha value is -3.49. The number of benzene rings is 3. The molecule has 5 rings (SSSR count). The van der Waals surface area contributed by atoms with Gasteiger partial charge in [-0.1, -0.05) is 47.6 Å². The van der Waals surface area contributed by atoms with Crippen LogP contribution in [0.3, 0.4) is 0 Å². The number of carbonyl (C=O) groups is 1. The number of carbonyl (C=O) groups excluding carboxylic acids is 1. The van der Waals surface area contributed by atoms with E-state index in [0.29, 0.717) is 38.3 Å². The van der Waals surface area contributed by atoms with E-state index in [4.69, 9.17) is 21.1 Å². The van der Waals surface area contributed by atoms with Crippen molar-refractivity contribution >= 4 is 45.9 Å². The molecule has 1 aliphatic heterocycles. The predicted molar refractivity (Wildman–Crippen MR) is 133 cm³/mol. The maximum absolute atomic E-state index is 13.3. The van der Waals surface area contributed by atoms with Crippen LogP contribution in [0.2, 0.25) is 5.02 Å². The highest BCUT2D eigenvalue weighted by Gasteiger charge is 2.17. The van der Waals surface area contributed by atoms with Gasteiger partial charge in [-0.3, -0.25) is 14.2 Å². The number of halogens is 1. The maximum atomic E-state index is 13.3. The van der Waals surface area contributed by atoms with Crippen molar-refractivity contribution in [2.45, 2.75) is 18.6 Å². The van der Waals surface area contributed by atoms with Gasteiger partial charge in [0.1, 0.15) is 0 Å². The largest absolute Gasteiger partial charge is 0.454 e. The molecule has 1 aliphatic rings. The van der Waals surface area contributed by atoms with E-state index in [0.717, 1.165) is 11.1 Å². The van der Waals surface area contributed by atoms with Gasteiger partial charge in [0.2, 0.25) is 12.7 Å². The Morgan fingerprint density at radius 2 is 1.94 bits per heavy atom. The molecule has 0 saturated carbocycles. The van der Waals surface area contributed by atoms with Crippen LogP contribution in [0.5, 0.6) is 11.5 Å². The lowest BCUT2D eigenvalue weighted by atomic mass is 10.2. The van der Waals surface area contributed by atoms with E-state index in [1.807, 2.05) is 43.3 Å². The minimum atomic E-state index is -0.220. The third kappa shape index (κ3) is 4.60. The van der Waals surface area contributed by atoms with Gasteiger partial charge in [0.05, 0.1) is 23.2 Å². The molecule has 34 heavy (non-hydrogen) atoms. The monoisotopic (exact) mass is 493 g/mol. The van der Waals surface area contributed by atoms with Gasteiger partial charge in [0.25, 0.3) is 5.56 Å². The Bertz CT molecular complexity index is 1470. The highest BCUT2D eigenvalue weighted by atomic mass is 35.5. The van der Waals surface area contributed by atoms with E-state index in [2.05, 4.69) is 10.3 Å². The summed E-state index contributed by atoms with van der Waals surface area (Å²) in [5, 5.41) is 4.40. The number of para-hydroxylation sites is 1. The Labute approximate surface area is 204 Å². The first-order chi connectivity index (χ1) is 16.5. The van der Waals surface area contributed by atoms with E-state index < -0.39 is 0 Å². The molecule has 0 unspecified atom stereocenters. The van der Waals surface area contributed by atoms with Crippen LogP contribution in [0.15, 0.2) is 70.6 Å². The number of rotatable bonds is 6. The standard InChI is InChI=1S/C25H20ClN3O4S/c1-15-6-8-17(11-19(15)26)27-23(30)13-34-25-28-20-5-3-2-4-18(20)24(31)29(25)12-16-7-9-21-22(10-16)33-14-32-21/h2-11H,12-14H2,1H3,(H,27,30). The number of aryl methyl sites for hydroxylation is 1. The summed E-state index contributed by atoms with van der Waals surface area (Å²) in [6.45, 7) is 2.36. The summed E-state index contributed by atoms with van der Waals surface area (Å²) >= 11 is 7.36. The number of nitrogens with one attached hydrogen (secondary N) is 1. The number of fused-ring (bicyclic) bond motifs is 2.